The van der Waals surface area contributed by atoms with Gasteiger partial charge in [-0.05, 0) is 31.7 Å². The Morgan fingerprint density at radius 3 is 2.29 bits per heavy atom. The number of hydrogen-bond donors (Lipinski definition) is 1. The SMILES string of the molecule is CNCC(C)OCc1ccc(C(F)(F)F)cc1. The van der Waals surface area contributed by atoms with Crippen LogP contribution in [-0.4, -0.2) is 19.7 Å². The third kappa shape index (κ3) is 4.75. The van der Waals surface area contributed by atoms with Crippen LogP contribution in [0, 0.1) is 0 Å². The Bertz CT molecular complexity index is 335. The van der Waals surface area contributed by atoms with Gasteiger partial charge in [0.2, 0.25) is 0 Å². The van der Waals surface area contributed by atoms with Gasteiger partial charge in [0.05, 0.1) is 18.3 Å². The molecule has 0 fully saturated rings. The van der Waals surface area contributed by atoms with E-state index in [1.807, 2.05) is 14.0 Å². The molecule has 0 amide bonds. The van der Waals surface area contributed by atoms with Crippen LogP contribution in [0.25, 0.3) is 0 Å². The second-order valence-corrected chi connectivity index (χ2v) is 3.87. The number of alkyl halides is 3. The molecule has 2 nitrogen and oxygen atoms in total. The fourth-order valence-electron chi connectivity index (χ4n) is 1.37. The van der Waals surface area contributed by atoms with Crippen molar-refractivity contribution in [3.63, 3.8) is 0 Å². The van der Waals surface area contributed by atoms with Crippen molar-refractivity contribution in [3.05, 3.63) is 35.4 Å². The zero-order chi connectivity index (χ0) is 12.9. The lowest BCUT2D eigenvalue weighted by Crippen LogP contribution is -2.23. The highest BCUT2D eigenvalue weighted by Crippen LogP contribution is 2.29. The first-order valence-corrected chi connectivity index (χ1v) is 5.36. The van der Waals surface area contributed by atoms with E-state index >= 15 is 0 Å². The van der Waals surface area contributed by atoms with Crippen LogP contribution >= 0.6 is 0 Å². The van der Waals surface area contributed by atoms with Gasteiger partial charge in [0.15, 0.2) is 0 Å². The summed E-state index contributed by atoms with van der Waals surface area (Å²) < 4.78 is 42.3. The molecule has 0 saturated carbocycles. The van der Waals surface area contributed by atoms with Gasteiger partial charge in [-0.3, -0.25) is 0 Å². The lowest BCUT2D eigenvalue weighted by molar-refractivity contribution is -0.137. The molecule has 5 heteroatoms. The molecular weight excluding hydrogens is 231 g/mol. The van der Waals surface area contributed by atoms with Crippen LogP contribution < -0.4 is 5.32 Å². The van der Waals surface area contributed by atoms with Crippen LogP contribution in [0.15, 0.2) is 24.3 Å². The van der Waals surface area contributed by atoms with Crippen LogP contribution in [0.4, 0.5) is 13.2 Å². The van der Waals surface area contributed by atoms with Gasteiger partial charge in [0, 0.05) is 6.54 Å². The Kier molecular flexibility index (Phi) is 4.96. The average Bonchev–Trinajstić information content (AvgIpc) is 2.26. The molecule has 0 radical (unpaired) electrons. The summed E-state index contributed by atoms with van der Waals surface area (Å²) in [6, 6.07) is 5.02. The van der Waals surface area contributed by atoms with Gasteiger partial charge in [-0.15, -0.1) is 0 Å². The van der Waals surface area contributed by atoms with E-state index in [1.54, 1.807) is 0 Å². The van der Waals surface area contributed by atoms with Crippen molar-refractivity contribution < 1.29 is 17.9 Å². The first-order valence-electron chi connectivity index (χ1n) is 5.36. The first-order chi connectivity index (χ1) is 7.93. The van der Waals surface area contributed by atoms with Crippen LogP contribution in [0.2, 0.25) is 0 Å². The minimum Gasteiger partial charge on any atom is -0.373 e. The van der Waals surface area contributed by atoms with Gasteiger partial charge < -0.3 is 10.1 Å². The Morgan fingerprint density at radius 1 is 1.24 bits per heavy atom. The zero-order valence-corrected chi connectivity index (χ0v) is 9.84. The smallest absolute Gasteiger partial charge is 0.373 e. The molecule has 0 spiro atoms. The third-order valence-corrected chi connectivity index (χ3v) is 2.31. The lowest BCUT2D eigenvalue weighted by atomic mass is 10.1. The van der Waals surface area contributed by atoms with Gasteiger partial charge in [-0.2, -0.15) is 13.2 Å². The average molecular weight is 247 g/mol. The minimum absolute atomic E-state index is 0.0299. The Hall–Kier alpha value is -1.07. The molecule has 1 unspecified atom stereocenters. The molecule has 0 aliphatic heterocycles. The number of nitrogens with one attached hydrogen (secondary N) is 1. The van der Waals surface area contributed by atoms with Crippen molar-refractivity contribution in [2.24, 2.45) is 0 Å². The predicted molar refractivity (Wildman–Crippen MR) is 59.6 cm³/mol. The van der Waals surface area contributed by atoms with E-state index in [9.17, 15) is 13.2 Å². The molecule has 0 heterocycles. The van der Waals surface area contributed by atoms with Gasteiger partial charge >= 0.3 is 6.18 Å². The quantitative estimate of drug-likeness (QED) is 0.863. The summed E-state index contributed by atoms with van der Waals surface area (Å²) in [5.41, 5.74) is 0.102. The maximum Gasteiger partial charge on any atom is 0.416 e. The third-order valence-electron chi connectivity index (χ3n) is 2.31. The number of rotatable bonds is 5. The van der Waals surface area contributed by atoms with Gasteiger partial charge in [0.1, 0.15) is 0 Å². The van der Waals surface area contributed by atoms with Crippen LogP contribution in [0.3, 0.4) is 0 Å². The molecule has 0 saturated heterocycles. The van der Waals surface area contributed by atoms with E-state index in [4.69, 9.17) is 4.74 Å². The summed E-state index contributed by atoms with van der Waals surface area (Å²) in [7, 11) is 1.82. The number of likely N-dealkylation sites (N-methyl/N-ethyl adjacent to an activating group) is 1. The van der Waals surface area contributed by atoms with Crippen LogP contribution in [0.5, 0.6) is 0 Å². The van der Waals surface area contributed by atoms with Crippen LogP contribution in [0.1, 0.15) is 18.1 Å². The van der Waals surface area contributed by atoms with Crippen molar-refractivity contribution >= 4 is 0 Å². The highest BCUT2D eigenvalue weighted by molar-refractivity contribution is 5.24. The monoisotopic (exact) mass is 247 g/mol. The summed E-state index contributed by atoms with van der Waals surface area (Å²) in [4.78, 5) is 0. The fraction of sp³-hybridized carbons (Fsp3) is 0.500. The van der Waals surface area contributed by atoms with Crippen LogP contribution in [-0.2, 0) is 17.5 Å². The number of hydrogen-bond acceptors (Lipinski definition) is 2. The second kappa shape index (κ2) is 6.02. The summed E-state index contributed by atoms with van der Waals surface area (Å²) in [5, 5.41) is 2.96. The van der Waals surface area contributed by atoms with E-state index < -0.39 is 11.7 Å². The number of benzene rings is 1. The van der Waals surface area contributed by atoms with Gasteiger partial charge in [-0.25, -0.2) is 0 Å². The number of halogens is 3. The summed E-state index contributed by atoms with van der Waals surface area (Å²) in [6.45, 7) is 2.93. The Labute approximate surface area is 98.8 Å². The number of ether oxygens (including phenoxy) is 1. The molecule has 1 aromatic rings. The molecule has 0 aliphatic carbocycles. The standard InChI is InChI=1S/C12H16F3NO/c1-9(7-16-2)17-8-10-3-5-11(6-4-10)12(13,14)15/h3-6,9,16H,7-8H2,1-2H3. The first kappa shape index (κ1) is 14.0. The molecule has 0 aromatic heterocycles. The minimum atomic E-state index is -4.28. The van der Waals surface area contributed by atoms with E-state index in [0.29, 0.717) is 13.2 Å². The second-order valence-electron chi connectivity index (χ2n) is 3.87. The topological polar surface area (TPSA) is 21.3 Å². The highest BCUT2D eigenvalue weighted by Gasteiger charge is 2.29. The van der Waals surface area contributed by atoms with Crippen molar-refractivity contribution in [1.82, 2.24) is 5.32 Å². The molecule has 0 bridgehead atoms. The Morgan fingerprint density at radius 2 is 1.82 bits per heavy atom. The summed E-state index contributed by atoms with van der Waals surface area (Å²) in [6.07, 6.45) is -4.25. The van der Waals surface area contributed by atoms with Crippen molar-refractivity contribution in [2.75, 3.05) is 13.6 Å². The van der Waals surface area contributed by atoms with E-state index in [-0.39, 0.29) is 6.10 Å². The van der Waals surface area contributed by atoms with E-state index in [2.05, 4.69) is 5.32 Å². The fourth-order valence-corrected chi connectivity index (χ4v) is 1.37. The molecule has 1 atom stereocenters. The van der Waals surface area contributed by atoms with Crippen molar-refractivity contribution in [2.45, 2.75) is 25.8 Å². The molecule has 1 rings (SSSR count). The molecular formula is C12H16F3NO. The summed E-state index contributed by atoms with van der Waals surface area (Å²) >= 11 is 0. The molecule has 17 heavy (non-hydrogen) atoms. The summed E-state index contributed by atoms with van der Waals surface area (Å²) in [5.74, 6) is 0. The molecule has 96 valence electrons. The molecule has 1 N–H and O–H groups in total. The molecule has 1 aromatic carbocycles. The zero-order valence-electron chi connectivity index (χ0n) is 9.84. The normalized spacial score (nSPS) is 13.7. The largest absolute Gasteiger partial charge is 0.416 e. The van der Waals surface area contributed by atoms with Gasteiger partial charge in [-0.1, -0.05) is 12.1 Å². The lowest BCUT2D eigenvalue weighted by Gasteiger charge is -2.13. The maximum atomic E-state index is 12.3. The highest BCUT2D eigenvalue weighted by atomic mass is 19.4. The van der Waals surface area contributed by atoms with Crippen molar-refractivity contribution in [1.29, 1.82) is 0 Å². The van der Waals surface area contributed by atoms with E-state index in [0.717, 1.165) is 17.7 Å². The molecule has 0 aliphatic rings. The maximum absolute atomic E-state index is 12.3. The van der Waals surface area contributed by atoms with E-state index in [1.165, 1.54) is 12.1 Å². The Balaban J connectivity index is 2.51. The van der Waals surface area contributed by atoms with Crippen molar-refractivity contribution in [3.8, 4) is 0 Å². The van der Waals surface area contributed by atoms with Gasteiger partial charge in [0.25, 0.3) is 0 Å². The predicted octanol–water partition coefficient (Wildman–Crippen LogP) is 2.83.